The molecule has 0 unspecified atom stereocenters. The molecule has 14 nitrogen and oxygen atoms in total. The Bertz CT molecular complexity index is 3040. The average molecular weight is 998 g/mol. The Morgan fingerprint density at radius 3 is 1.38 bits per heavy atom. The molecule has 1 aliphatic heterocycles. The van der Waals surface area contributed by atoms with E-state index in [1.165, 1.54) is 6.33 Å². The van der Waals surface area contributed by atoms with Crippen LogP contribution >= 0.6 is 0 Å². The quantitative estimate of drug-likeness (QED) is 0.0699. The molecule has 2 aromatic heterocycles. The molecule has 17 heteroatoms. The van der Waals surface area contributed by atoms with Crippen molar-refractivity contribution in [2.24, 2.45) is 0 Å². The van der Waals surface area contributed by atoms with Gasteiger partial charge in [0.2, 0.25) is 0 Å². The van der Waals surface area contributed by atoms with Gasteiger partial charge in [0.15, 0.2) is 23.2 Å². The maximum Gasteiger partial charge on any atom is 1.00 e. The fraction of sp³-hybridized carbons (Fsp3) is 0.127. The summed E-state index contributed by atoms with van der Waals surface area (Å²) in [6.45, 7) is -0.0504. The minimum Gasteiger partial charge on any atom is -0.759 e. The SMILES string of the molecule is O=C(Nc1ncnc2c1ncn2[C@@H]1O[C@H](COC(c2ccccc2)(c2ccccc2)c2ccccc2)[C@@H](O)[C@H]1OC(c1ccccc1)(c1ccccc1)c1ccccc1)c1ccccc1.O=S(=O)([O-])[O-].[Na+].[Na+]. The Morgan fingerprint density at radius 2 is 0.972 bits per heavy atom. The van der Waals surface area contributed by atoms with Crippen molar-refractivity contribution >= 4 is 33.3 Å². The molecule has 7 aromatic carbocycles. The summed E-state index contributed by atoms with van der Waals surface area (Å²) in [5.41, 5.74) is 4.12. The van der Waals surface area contributed by atoms with Gasteiger partial charge in [0.1, 0.15) is 35.8 Å². The fourth-order valence-corrected chi connectivity index (χ4v) is 9.01. The second-order valence-electron chi connectivity index (χ2n) is 16.3. The van der Waals surface area contributed by atoms with Gasteiger partial charge in [0, 0.05) is 16.0 Å². The molecule has 0 saturated carbocycles. The van der Waals surface area contributed by atoms with Crippen molar-refractivity contribution in [2.75, 3.05) is 11.9 Å². The molecule has 72 heavy (non-hydrogen) atoms. The molecule has 1 amide bonds. The predicted octanol–water partition coefficient (Wildman–Crippen LogP) is 2.39. The molecule has 0 radical (unpaired) electrons. The molecule has 0 aliphatic carbocycles. The number of amides is 1. The molecule has 9 aromatic rings. The summed E-state index contributed by atoms with van der Waals surface area (Å²) in [7, 11) is -5.17. The Balaban J connectivity index is 0.00000104. The first-order valence-electron chi connectivity index (χ1n) is 22.3. The molecule has 2 N–H and O–H groups in total. The number of aliphatic hydroxyl groups is 1. The zero-order valence-corrected chi connectivity index (χ0v) is 44.1. The van der Waals surface area contributed by atoms with E-state index < -0.39 is 46.1 Å². The van der Waals surface area contributed by atoms with E-state index in [1.807, 2.05) is 152 Å². The first-order chi connectivity index (χ1) is 34.1. The number of rotatable bonds is 14. The number of hydrogen-bond donors (Lipinski definition) is 2. The third-order valence-corrected chi connectivity index (χ3v) is 12.1. The molecule has 1 saturated heterocycles. The third kappa shape index (κ3) is 11.7. The fourth-order valence-electron chi connectivity index (χ4n) is 9.01. The Morgan fingerprint density at radius 1 is 0.597 bits per heavy atom. The van der Waals surface area contributed by atoms with E-state index in [4.69, 9.17) is 36.7 Å². The Hall–Kier alpha value is -5.73. The molecular weight excluding hydrogens is 953 g/mol. The molecule has 1 fully saturated rings. The van der Waals surface area contributed by atoms with Crippen LogP contribution in [0.3, 0.4) is 0 Å². The molecule has 352 valence electrons. The molecule has 0 spiro atoms. The minimum absolute atomic E-state index is 0. The van der Waals surface area contributed by atoms with E-state index >= 15 is 0 Å². The molecule has 4 atom stereocenters. The summed E-state index contributed by atoms with van der Waals surface area (Å²) < 4.78 is 57.8. The summed E-state index contributed by atoms with van der Waals surface area (Å²) in [6.07, 6.45) is -1.29. The number of imidazole rings is 1. The monoisotopic (exact) mass is 997 g/mol. The van der Waals surface area contributed by atoms with Crippen molar-refractivity contribution in [1.82, 2.24) is 19.5 Å². The smallest absolute Gasteiger partial charge is 0.759 e. The van der Waals surface area contributed by atoms with Crippen molar-refractivity contribution in [2.45, 2.75) is 35.7 Å². The van der Waals surface area contributed by atoms with E-state index in [0.717, 1.165) is 33.4 Å². The number of aliphatic hydroxyl groups excluding tert-OH is 1. The molecule has 10 rings (SSSR count). The standard InChI is InChI=1S/C55H45N5O5.2Na.H2O4S/c61-48-46(36-63-54(40-24-10-2-11-25-40,41-26-12-3-13-27-41)42-28-14-4-15-29-42)64-53(60-38-58-47-50(56-37-57-51(47)60)59-52(62)39-22-8-1-9-23-39)49(48)65-55(43-30-16-5-17-31-43,44-32-18-6-19-33-44)45-34-20-7-21-35-45;;;1-5(2,3)4/h1-35,37-38,46,48-49,53,61H,36H2,(H,56,57,59,62);;;(H2,1,2,3,4)/q;2*+1;/p-2/t46-,48-,49-,53-;;;/m1.../s1. The van der Waals surface area contributed by atoms with Crippen LogP contribution in [0.4, 0.5) is 5.82 Å². The van der Waals surface area contributed by atoms with Crippen LogP contribution in [0.1, 0.15) is 50.0 Å². The van der Waals surface area contributed by atoms with Crippen molar-refractivity contribution in [3.05, 3.63) is 264 Å². The van der Waals surface area contributed by atoms with Crippen LogP contribution in [0.5, 0.6) is 0 Å². The number of ether oxygens (including phenoxy) is 3. The number of aromatic nitrogens is 4. The Labute approximate surface area is 461 Å². The number of carbonyl (C=O) groups excluding carboxylic acids is 1. The zero-order chi connectivity index (χ0) is 48.6. The topological polar surface area (TPSA) is 201 Å². The second kappa shape index (κ2) is 24.3. The molecular formula is C55H45N5Na2O9S. The largest absolute Gasteiger partial charge is 1.00 e. The summed E-state index contributed by atoms with van der Waals surface area (Å²) in [5.74, 6) is -0.118. The van der Waals surface area contributed by atoms with Gasteiger partial charge in [0.05, 0.1) is 12.9 Å². The Kier molecular flexibility index (Phi) is 18.3. The van der Waals surface area contributed by atoms with Gasteiger partial charge in [-0.3, -0.25) is 17.8 Å². The predicted molar refractivity (Wildman–Crippen MR) is 259 cm³/mol. The van der Waals surface area contributed by atoms with Gasteiger partial charge in [-0.05, 0) is 45.5 Å². The van der Waals surface area contributed by atoms with Crippen LogP contribution in [0, 0.1) is 0 Å². The van der Waals surface area contributed by atoms with Crippen LogP contribution in [-0.4, -0.2) is 73.0 Å². The van der Waals surface area contributed by atoms with Crippen LogP contribution in [0.25, 0.3) is 11.2 Å². The zero-order valence-electron chi connectivity index (χ0n) is 39.3. The summed E-state index contributed by atoms with van der Waals surface area (Å²) >= 11 is 0. The summed E-state index contributed by atoms with van der Waals surface area (Å²) in [5, 5.41) is 15.9. The summed E-state index contributed by atoms with van der Waals surface area (Å²) in [4.78, 5) is 27.2. The number of nitrogens with one attached hydrogen (secondary N) is 1. The van der Waals surface area contributed by atoms with Gasteiger partial charge in [0.25, 0.3) is 5.91 Å². The first-order valence-corrected chi connectivity index (χ1v) is 23.6. The van der Waals surface area contributed by atoms with Crippen molar-refractivity contribution in [3.63, 3.8) is 0 Å². The van der Waals surface area contributed by atoms with Crippen LogP contribution in [0.15, 0.2) is 225 Å². The maximum absolute atomic E-state index is 13.4. The number of carbonyl (C=O) groups is 1. The maximum atomic E-state index is 13.4. The van der Waals surface area contributed by atoms with Crippen LogP contribution in [-0.2, 0) is 35.8 Å². The second-order valence-corrected chi connectivity index (χ2v) is 17.1. The van der Waals surface area contributed by atoms with Gasteiger partial charge in [-0.25, -0.2) is 15.0 Å². The van der Waals surface area contributed by atoms with Crippen LogP contribution in [0.2, 0.25) is 0 Å². The van der Waals surface area contributed by atoms with Gasteiger partial charge in [-0.1, -0.05) is 200 Å². The van der Waals surface area contributed by atoms with Crippen molar-refractivity contribution in [3.8, 4) is 0 Å². The van der Waals surface area contributed by atoms with Gasteiger partial charge in [-0.2, -0.15) is 0 Å². The first kappa shape index (κ1) is 54.1. The number of anilines is 1. The van der Waals surface area contributed by atoms with E-state index in [-0.39, 0.29) is 77.4 Å². The van der Waals surface area contributed by atoms with Gasteiger partial charge in [-0.15, -0.1) is 0 Å². The number of fused-ring (bicyclic) bond motifs is 1. The third-order valence-electron chi connectivity index (χ3n) is 12.1. The normalized spacial score (nSPS) is 16.6. The minimum atomic E-state index is -5.17. The molecule has 0 bridgehead atoms. The van der Waals surface area contributed by atoms with Gasteiger partial charge >= 0.3 is 59.1 Å². The van der Waals surface area contributed by atoms with Crippen molar-refractivity contribution < 1.29 is 101 Å². The average Bonchev–Trinajstić information content (AvgIpc) is 3.97. The van der Waals surface area contributed by atoms with E-state index in [0.29, 0.717) is 16.7 Å². The van der Waals surface area contributed by atoms with E-state index in [9.17, 15) is 9.90 Å². The molecule has 1 aliphatic rings. The number of hydrogen-bond acceptors (Lipinski definition) is 12. The van der Waals surface area contributed by atoms with Gasteiger partial charge < -0.3 is 33.7 Å². The van der Waals surface area contributed by atoms with E-state index in [1.54, 1.807) is 35.2 Å². The number of benzene rings is 7. The van der Waals surface area contributed by atoms with Crippen LogP contribution < -0.4 is 64.4 Å². The van der Waals surface area contributed by atoms with Crippen molar-refractivity contribution in [1.29, 1.82) is 0 Å². The summed E-state index contributed by atoms with van der Waals surface area (Å²) in [6, 6.07) is 69.2. The van der Waals surface area contributed by atoms with E-state index in [2.05, 4.69) is 51.7 Å². The number of nitrogens with zero attached hydrogens (tertiary/aromatic N) is 4. The molecule has 3 heterocycles.